The highest BCUT2D eigenvalue weighted by Crippen LogP contribution is 2.39. The third-order valence-corrected chi connectivity index (χ3v) is 9.84. The molecule has 4 heteroatoms. The second-order valence-electron chi connectivity index (χ2n) is 12.6. The highest BCUT2D eigenvalue weighted by molar-refractivity contribution is 6.12. The van der Waals surface area contributed by atoms with Crippen LogP contribution in [0.5, 0.6) is 0 Å². The fourth-order valence-electron chi connectivity index (χ4n) is 7.65. The average Bonchev–Trinajstić information content (AvgIpc) is 3.67. The topological polar surface area (TPSA) is 35.6 Å². The van der Waals surface area contributed by atoms with Gasteiger partial charge in [-0.2, -0.15) is 0 Å². The fraction of sp³-hybridized carbons (Fsp3) is 0.0455. The summed E-state index contributed by atoms with van der Waals surface area (Å²) in [7, 11) is 0. The Bertz CT molecular complexity index is 2760. The average molecular weight is 615 g/mol. The second kappa shape index (κ2) is 10.6. The molecule has 48 heavy (non-hydrogen) atoms. The van der Waals surface area contributed by atoms with Gasteiger partial charge in [0, 0.05) is 43.5 Å². The van der Waals surface area contributed by atoms with Crippen LogP contribution in [0.4, 0.5) is 0 Å². The molecule has 1 atom stereocenters. The van der Waals surface area contributed by atoms with E-state index in [0.29, 0.717) is 12.0 Å². The zero-order valence-corrected chi connectivity index (χ0v) is 26.2. The molecule has 3 heterocycles. The number of hydrogen-bond acceptors (Lipinski definition) is 2. The Hall–Kier alpha value is -6.26. The summed E-state index contributed by atoms with van der Waals surface area (Å²) in [5, 5.41) is 5.98. The molecule has 1 aliphatic rings. The van der Waals surface area contributed by atoms with Gasteiger partial charge in [0.25, 0.3) is 0 Å². The predicted molar refractivity (Wildman–Crippen MR) is 200 cm³/mol. The smallest absolute Gasteiger partial charge is 0.235 e. The second-order valence-corrected chi connectivity index (χ2v) is 12.6. The summed E-state index contributed by atoms with van der Waals surface area (Å²) < 4.78 is 4.72. The van der Waals surface area contributed by atoms with Gasteiger partial charge in [0.1, 0.15) is 0 Å². The molecular weight excluding hydrogens is 585 g/mol. The van der Waals surface area contributed by atoms with Gasteiger partial charge in [-0.25, -0.2) is 9.97 Å². The predicted octanol–water partition coefficient (Wildman–Crippen LogP) is 11.2. The van der Waals surface area contributed by atoms with Gasteiger partial charge in [0.05, 0.1) is 28.3 Å². The normalized spacial score (nSPS) is 14.6. The number of hydrogen-bond donors (Lipinski definition) is 0. The highest BCUT2D eigenvalue weighted by atomic mass is 15.2. The first-order chi connectivity index (χ1) is 23.8. The van der Waals surface area contributed by atoms with E-state index in [1.54, 1.807) is 0 Å². The molecule has 0 amide bonds. The van der Waals surface area contributed by atoms with Crippen LogP contribution in [0.3, 0.4) is 0 Å². The van der Waals surface area contributed by atoms with Crippen molar-refractivity contribution >= 4 is 54.5 Å². The van der Waals surface area contributed by atoms with Gasteiger partial charge in [0.15, 0.2) is 0 Å². The van der Waals surface area contributed by atoms with E-state index < -0.39 is 0 Å². The van der Waals surface area contributed by atoms with Crippen molar-refractivity contribution in [2.75, 3.05) is 0 Å². The molecule has 0 saturated heterocycles. The van der Waals surface area contributed by atoms with Crippen LogP contribution in [0.25, 0.3) is 82.8 Å². The SMILES string of the molecule is C1=CCC(n2c3ccccc3c3cc(-c4ccc5c(c4)c4ccccc4n5-c4nc(-c5ccccc5)c5ccccc5n4)ccc32)C=C1. The third-order valence-electron chi connectivity index (χ3n) is 9.84. The molecule has 10 rings (SSSR count). The molecule has 4 nitrogen and oxygen atoms in total. The number of nitrogens with zero attached hydrogens (tertiary/aromatic N) is 4. The van der Waals surface area contributed by atoms with E-state index in [0.717, 1.165) is 39.6 Å². The lowest BCUT2D eigenvalue weighted by atomic mass is 10.0. The molecule has 226 valence electrons. The van der Waals surface area contributed by atoms with Gasteiger partial charge in [-0.15, -0.1) is 0 Å². The molecule has 0 N–H and O–H groups in total. The van der Waals surface area contributed by atoms with E-state index in [1.807, 2.05) is 12.1 Å². The molecule has 0 aliphatic heterocycles. The van der Waals surface area contributed by atoms with Crippen LogP contribution >= 0.6 is 0 Å². The lowest BCUT2D eigenvalue weighted by Gasteiger charge is -2.18. The highest BCUT2D eigenvalue weighted by Gasteiger charge is 2.20. The zero-order valence-electron chi connectivity index (χ0n) is 26.2. The minimum atomic E-state index is 0.311. The largest absolute Gasteiger partial charge is 0.333 e. The van der Waals surface area contributed by atoms with Crippen LogP contribution in [0, 0.1) is 0 Å². The van der Waals surface area contributed by atoms with Crippen molar-refractivity contribution in [2.45, 2.75) is 12.5 Å². The maximum Gasteiger partial charge on any atom is 0.235 e. The van der Waals surface area contributed by atoms with Crippen molar-refractivity contribution in [3.63, 3.8) is 0 Å². The Morgan fingerprint density at radius 1 is 0.479 bits per heavy atom. The Balaban J connectivity index is 1.17. The summed E-state index contributed by atoms with van der Waals surface area (Å²) in [6.45, 7) is 0. The van der Waals surface area contributed by atoms with Crippen molar-refractivity contribution in [1.29, 1.82) is 0 Å². The van der Waals surface area contributed by atoms with Crippen LogP contribution in [-0.4, -0.2) is 19.1 Å². The summed E-state index contributed by atoms with van der Waals surface area (Å²) in [5.74, 6) is 0.673. The first-order valence-electron chi connectivity index (χ1n) is 16.5. The maximum atomic E-state index is 5.24. The van der Waals surface area contributed by atoms with Crippen LogP contribution in [0.1, 0.15) is 12.5 Å². The fourth-order valence-corrected chi connectivity index (χ4v) is 7.65. The van der Waals surface area contributed by atoms with Gasteiger partial charge < -0.3 is 4.57 Å². The van der Waals surface area contributed by atoms with E-state index in [9.17, 15) is 0 Å². The Labute approximate surface area is 277 Å². The van der Waals surface area contributed by atoms with E-state index in [-0.39, 0.29) is 0 Å². The zero-order chi connectivity index (χ0) is 31.6. The molecule has 6 aromatic carbocycles. The lowest BCUT2D eigenvalue weighted by molar-refractivity contribution is 0.648. The first kappa shape index (κ1) is 26.9. The summed E-state index contributed by atoms with van der Waals surface area (Å²) in [6.07, 6.45) is 9.88. The quantitative estimate of drug-likeness (QED) is 0.198. The number of rotatable bonds is 4. The Kier molecular flexibility index (Phi) is 5.97. The van der Waals surface area contributed by atoms with Gasteiger partial charge in [-0.1, -0.05) is 121 Å². The van der Waals surface area contributed by atoms with Gasteiger partial charge >= 0.3 is 0 Å². The van der Waals surface area contributed by atoms with Crippen LogP contribution in [0.2, 0.25) is 0 Å². The van der Waals surface area contributed by atoms with Gasteiger partial charge in [-0.3, -0.25) is 4.57 Å². The summed E-state index contributed by atoms with van der Waals surface area (Å²) in [4.78, 5) is 10.4. The van der Waals surface area contributed by atoms with E-state index in [4.69, 9.17) is 9.97 Å². The molecular formula is C44H30N4. The molecule has 0 spiro atoms. The molecule has 0 radical (unpaired) electrons. The minimum Gasteiger partial charge on any atom is -0.333 e. The van der Waals surface area contributed by atoms with E-state index in [2.05, 4.69) is 161 Å². The van der Waals surface area contributed by atoms with Crippen molar-refractivity contribution in [2.24, 2.45) is 0 Å². The molecule has 0 bridgehead atoms. The first-order valence-corrected chi connectivity index (χ1v) is 16.5. The van der Waals surface area contributed by atoms with Crippen LogP contribution < -0.4 is 0 Å². The number of aromatic nitrogens is 4. The maximum absolute atomic E-state index is 5.24. The Morgan fingerprint density at radius 2 is 1.08 bits per heavy atom. The van der Waals surface area contributed by atoms with Crippen molar-refractivity contribution in [3.8, 4) is 28.3 Å². The molecule has 3 aromatic heterocycles. The standard InChI is InChI=1S/C44H30N4/c1-3-13-29(14-4-1)43-35-19-7-10-20-38(35)45-44(46-43)48-40-22-12-9-18-34(40)37-28-31(24-26-42(37)48)30-23-25-41-36(27-30)33-17-8-11-21-39(33)47(41)32-15-5-2-6-16-32/h1-15,17-28,32H,16H2. The minimum absolute atomic E-state index is 0.311. The summed E-state index contributed by atoms with van der Waals surface area (Å²) in [6, 6.07) is 50.2. The Morgan fingerprint density at radius 3 is 1.85 bits per heavy atom. The van der Waals surface area contributed by atoms with Crippen molar-refractivity contribution in [3.05, 3.63) is 164 Å². The lowest BCUT2D eigenvalue weighted by Crippen LogP contribution is -2.06. The van der Waals surface area contributed by atoms with Crippen molar-refractivity contribution in [1.82, 2.24) is 19.1 Å². The third kappa shape index (κ3) is 4.09. The van der Waals surface area contributed by atoms with Crippen molar-refractivity contribution < 1.29 is 0 Å². The summed E-state index contributed by atoms with van der Waals surface area (Å²) in [5.41, 5.74) is 10.1. The van der Waals surface area contributed by atoms with Crippen LogP contribution in [0.15, 0.2) is 164 Å². The molecule has 0 fully saturated rings. The molecule has 1 unspecified atom stereocenters. The number of para-hydroxylation sites is 3. The van der Waals surface area contributed by atoms with Gasteiger partial charge in [-0.05, 0) is 60.0 Å². The van der Waals surface area contributed by atoms with Crippen LogP contribution in [-0.2, 0) is 0 Å². The number of allylic oxidation sites excluding steroid dienone is 4. The molecule has 0 saturated carbocycles. The number of benzene rings is 6. The molecule has 9 aromatic rings. The van der Waals surface area contributed by atoms with E-state index >= 15 is 0 Å². The number of fused-ring (bicyclic) bond motifs is 7. The monoisotopic (exact) mass is 614 g/mol. The summed E-state index contributed by atoms with van der Waals surface area (Å²) >= 11 is 0. The van der Waals surface area contributed by atoms with Gasteiger partial charge in [0.2, 0.25) is 5.95 Å². The van der Waals surface area contributed by atoms with E-state index in [1.165, 1.54) is 43.7 Å². The molecule has 1 aliphatic carbocycles.